The summed E-state index contributed by atoms with van der Waals surface area (Å²) in [5.41, 5.74) is 1.29. The van der Waals surface area contributed by atoms with Gasteiger partial charge >= 0.3 is 6.09 Å². The molecule has 0 unspecified atom stereocenters. The molecule has 2 aliphatic rings. The summed E-state index contributed by atoms with van der Waals surface area (Å²) in [6.45, 7) is 3.53. The van der Waals surface area contributed by atoms with E-state index in [-0.39, 0.29) is 23.3 Å². The second-order valence-electron chi connectivity index (χ2n) is 8.10. The number of benzene rings is 2. The predicted molar refractivity (Wildman–Crippen MR) is 108 cm³/mol. The molecule has 0 aliphatic carbocycles. The number of carbonyl (C=O) groups excluding carboxylic acids is 1. The number of piperidine rings is 1. The van der Waals surface area contributed by atoms with Gasteiger partial charge in [0.05, 0.1) is 13.2 Å². The fourth-order valence-electron chi connectivity index (χ4n) is 4.20. The molecule has 2 heterocycles. The lowest BCUT2D eigenvalue weighted by atomic mass is 9.91. The molecule has 7 heteroatoms. The van der Waals surface area contributed by atoms with E-state index in [1.165, 1.54) is 24.3 Å². The Balaban J connectivity index is 1.35. The molecule has 2 aliphatic heterocycles. The summed E-state index contributed by atoms with van der Waals surface area (Å²) in [6.07, 6.45) is 0.977. The zero-order valence-corrected chi connectivity index (χ0v) is 17.0. The Labute approximate surface area is 175 Å². The number of rotatable bonds is 6. The van der Waals surface area contributed by atoms with E-state index in [2.05, 4.69) is 4.90 Å². The molecule has 0 radical (unpaired) electrons. The minimum absolute atomic E-state index is 0.242. The fraction of sp³-hybridized carbons (Fsp3) is 0.435. The Morgan fingerprint density at radius 3 is 2.00 bits per heavy atom. The van der Waals surface area contributed by atoms with Crippen molar-refractivity contribution >= 4 is 6.09 Å². The Kier molecular flexibility index (Phi) is 6.01. The van der Waals surface area contributed by atoms with Crippen LogP contribution in [-0.4, -0.2) is 61.3 Å². The van der Waals surface area contributed by atoms with Gasteiger partial charge in [0, 0.05) is 39.5 Å². The molecule has 2 saturated heterocycles. The number of nitrogens with zero attached hydrogens (tertiary/aromatic N) is 2. The van der Waals surface area contributed by atoms with Gasteiger partial charge in [0.15, 0.2) is 0 Å². The lowest BCUT2D eigenvalue weighted by molar-refractivity contribution is -0.0107. The van der Waals surface area contributed by atoms with Crippen LogP contribution in [0.5, 0.6) is 0 Å². The molecule has 1 spiro atoms. The zero-order chi connectivity index (χ0) is 21.1. The van der Waals surface area contributed by atoms with Crippen LogP contribution in [0.25, 0.3) is 0 Å². The van der Waals surface area contributed by atoms with E-state index in [1.54, 1.807) is 36.2 Å². The largest absolute Gasteiger partial charge is 0.441 e. The molecule has 2 aromatic rings. The molecular formula is C23H26F2N2O3. The van der Waals surface area contributed by atoms with E-state index in [9.17, 15) is 13.6 Å². The average Bonchev–Trinajstić information content (AvgIpc) is 3.02. The molecule has 4 rings (SSSR count). The van der Waals surface area contributed by atoms with E-state index < -0.39 is 6.10 Å². The van der Waals surface area contributed by atoms with E-state index in [0.29, 0.717) is 13.2 Å². The van der Waals surface area contributed by atoms with Gasteiger partial charge in [0.1, 0.15) is 23.3 Å². The van der Waals surface area contributed by atoms with Gasteiger partial charge in [-0.25, -0.2) is 13.6 Å². The zero-order valence-electron chi connectivity index (χ0n) is 17.0. The van der Waals surface area contributed by atoms with Crippen molar-refractivity contribution in [3.05, 3.63) is 71.3 Å². The van der Waals surface area contributed by atoms with E-state index >= 15 is 0 Å². The first kappa shape index (κ1) is 20.8. The van der Waals surface area contributed by atoms with Gasteiger partial charge in [0.25, 0.3) is 0 Å². The van der Waals surface area contributed by atoms with Crippen LogP contribution >= 0.6 is 0 Å². The van der Waals surface area contributed by atoms with Gasteiger partial charge in [0.2, 0.25) is 0 Å². The number of likely N-dealkylation sites (N-methyl/N-ethyl adjacent to an activating group) is 1. The highest BCUT2D eigenvalue weighted by atomic mass is 19.1. The minimum Gasteiger partial charge on any atom is -0.441 e. The lowest BCUT2D eigenvalue weighted by Crippen LogP contribution is -2.47. The molecule has 5 nitrogen and oxygen atoms in total. The number of ether oxygens (including phenoxy) is 2. The van der Waals surface area contributed by atoms with Gasteiger partial charge in [-0.1, -0.05) is 24.3 Å². The van der Waals surface area contributed by atoms with Crippen LogP contribution in [0.2, 0.25) is 0 Å². The number of hydrogen-bond donors (Lipinski definition) is 0. The third-order valence-corrected chi connectivity index (χ3v) is 5.95. The van der Waals surface area contributed by atoms with Crippen molar-refractivity contribution in [2.45, 2.75) is 24.5 Å². The molecule has 30 heavy (non-hydrogen) atoms. The molecule has 0 bridgehead atoms. The van der Waals surface area contributed by atoms with Crippen LogP contribution in [0.3, 0.4) is 0 Å². The quantitative estimate of drug-likeness (QED) is 0.714. The predicted octanol–water partition coefficient (Wildman–Crippen LogP) is 3.99. The highest BCUT2D eigenvalue weighted by molar-refractivity contribution is 5.70. The maximum absolute atomic E-state index is 13.3. The minimum atomic E-state index is -0.397. The first-order valence-electron chi connectivity index (χ1n) is 10.2. The molecule has 0 N–H and O–H groups in total. The van der Waals surface area contributed by atoms with Crippen molar-refractivity contribution in [2.75, 3.05) is 39.8 Å². The van der Waals surface area contributed by atoms with Crippen LogP contribution in [0.15, 0.2) is 48.5 Å². The molecule has 2 fully saturated rings. The molecule has 2 aromatic carbocycles. The average molecular weight is 416 g/mol. The normalized spacial score (nSPS) is 18.9. The van der Waals surface area contributed by atoms with Gasteiger partial charge in [-0.3, -0.25) is 0 Å². The van der Waals surface area contributed by atoms with Crippen molar-refractivity contribution in [3.63, 3.8) is 0 Å². The number of amides is 1. The molecule has 0 aromatic heterocycles. The summed E-state index contributed by atoms with van der Waals surface area (Å²) in [5.74, 6) is -0.616. The van der Waals surface area contributed by atoms with E-state index in [4.69, 9.17) is 9.47 Å². The number of halogens is 2. The van der Waals surface area contributed by atoms with Crippen molar-refractivity contribution in [2.24, 2.45) is 0 Å². The summed E-state index contributed by atoms with van der Waals surface area (Å²) in [7, 11) is 1.77. The standard InChI is InChI=1S/C23H26F2N2O3/c1-26-16-23(30-22(26)28)10-12-27(13-11-23)14-15-29-21(17-2-6-19(24)7-3-17)18-4-8-20(25)9-5-18/h2-9,21H,10-16H2,1H3. The van der Waals surface area contributed by atoms with Crippen molar-refractivity contribution < 1.29 is 23.0 Å². The maximum atomic E-state index is 13.3. The fourth-order valence-corrected chi connectivity index (χ4v) is 4.20. The summed E-state index contributed by atoms with van der Waals surface area (Å²) < 4.78 is 38.4. The Bertz CT molecular complexity index is 820. The Morgan fingerprint density at radius 1 is 1.00 bits per heavy atom. The SMILES string of the molecule is CN1CC2(CCN(CCOC(c3ccc(F)cc3)c3ccc(F)cc3)CC2)OC1=O. The van der Waals surface area contributed by atoms with Crippen LogP contribution in [0.1, 0.15) is 30.1 Å². The highest BCUT2D eigenvalue weighted by Gasteiger charge is 2.45. The van der Waals surface area contributed by atoms with Crippen LogP contribution < -0.4 is 0 Å². The summed E-state index contributed by atoms with van der Waals surface area (Å²) in [4.78, 5) is 15.6. The first-order valence-corrected chi connectivity index (χ1v) is 10.2. The molecule has 1 amide bonds. The Morgan fingerprint density at radius 2 is 1.53 bits per heavy atom. The van der Waals surface area contributed by atoms with Crippen LogP contribution in [0, 0.1) is 11.6 Å². The first-order chi connectivity index (χ1) is 14.4. The summed E-state index contributed by atoms with van der Waals surface area (Å²) >= 11 is 0. The topological polar surface area (TPSA) is 42.0 Å². The third-order valence-electron chi connectivity index (χ3n) is 5.95. The van der Waals surface area contributed by atoms with Gasteiger partial charge in [-0.15, -0.1) is 0 Å². The molecule has 0 saturated carbocycles. The van der Waals surface area contributed by atoms with Crippen molar-refractivity contribution in [3.8, 4) is 0 Å². The van der Waals surface area contributed by atoms with Crippen LogP contribution in [0.4, 0.5) is 13.6 Å². The number of hydrogen-bond acceptors (Lipinski definition) is 4. The van der Waals surface area contributed by atoms with E-state index in [1.807, 2.05) is 0 Å². The highest BCUT2D eigenvalue weighted by Crippen LogP contribution is 2.32. The second kappa shape index (κ2) is 8.70. The van der Waals surface area contributed by atoms with Crippen molar-refractivity contribution in [1.29, 1.82) is 0 Å². The summed E-state index contributed by atoms with van der Waals surface area (Å²) in [5, 5.41) is 0. The Hall–Kier alpha value is -2.51. The van der Waals surface area contributed by atoms with Crippen molar-refractivity contribution in [1.82, 2.24) is 9.80 Å². The molecule has 0 atom stereocenters. The monoisotopic (exact) mass is 416 g/mol. The molecule has 160 valence electrons. The maximum Gasteiger partial charge on any atom is 0.410 e. The lowest BCUT2D eigenvalue weighted by Gasteiger charge is -2.37. The number of carbonyl (C=O) groups is 1. The van der Waals surface area contributed by atoms with Crippen LogP contribution in [-0.2, 0) is 9.47 Å². The number of likely N-dealkylation sites (tertiary alicyclic amines) is 1. The van der Waals surface area contributed by atoms with E-state index in [0.717, 1.165) is 43.6 Å². The van der Waals surface area contributed by atoms with Gasteiger partial charge in [-0.2, -0.15) is 0 Å². The smallest absolute Gasteiger partial charge is 0.410 e. The third kappa shape index (κ3) is 4.63. The second-order valence-corrected chi connectivity index (χ2v) is 8.10. The summed E-state index contributed by atoms with van der Waals surface area (Å²) in [6, 6.07) is 12.4. The van der Waals surface area contributed by atoms with Gasteiger partial charge in [-0.05, 0) is 35.4 Å². The van der Waals surface area contributed by atoms with Gasteiger partial charge < -0.3 is 19.3 Å². The molecular weight excluding hydrogens is 390 g/mol.